The molecule has 1 aromatic carbocycles. The maximum atomic E-state index is 12.4. The smallest absolute Gasteiger partial charge is 0.204 e. The molecule has 5 heteroatoms. The lowest BCUT2D eigenvalue weighted by atomic mass is 10.0. The SMILES string of the molecule is N#CC1(C#N)[C@@H](C(=O)c2ccco2)[C@@H]1c1ccc(Cl)cc1. The molecule has 0 bridgehead atoms. The number of halogens is 1. The summed E-state index contributed by atoms with van der Waals surface area (Å²) in [5.41, 5.74) is -0.579. The number of carbonyl (C=O) groups is 1. The van der Waals surface area contributed by atoms with Gasteiger partial charge in [-0.05, 0) is 29.8 Å². The predicted molar refractivity (Wildman–Crippen MR) is 74.4 cm³/mol. The van der Waals surface area contributed by atoms with Crippen molar-refractivity contribution in [1.82, 2.24) is 0 Å². The summed E-state index contributed by atoms with van der Waals surface area (Å²) in [4.78, 5) is 12.4. The van der Waals surface area contributed by atoms with Crippen molar-refractivity contribution < 1.29 is 9.21 Å². The molecule has 0 spiro atoms. The third-order valence-corrected chi connectivity index (χ3v) is 4.10. The molecule has 2 aromatic rings. The molecule has 0 saturated heterocycles. The number of hydrogen-bond donors (Lipinski definition) is 0. The van der Waals surface area contributed by atoms with Gasteiger partial charge in [0.05, 0.1) is 24.3 Å². The fourth-order valence-corrected chi connectivity index (χ4v) is 2.87. The van der Waals surface area contributed by atoms with Crippen LogP contribution in [0.2, 0.25) is 5.02 Å². The van der Waals surface area contributed by atoms with E-state index in [1.807, 2.05) is 12.1 Å². The first kappa shape index (κ1) is 13.4. The van der Waals surface area contributed by atoms with Gasteiger partial charge in [-0.3, -0.25) is 4.79 Å². The lowest BCUT2D eigenvalue weighted by Crippen LogP contribution is -2.07. The van der Waals surface area contributed by atoms with Crippen LogP contribution in [0.5, 0.6) is 0 Å². The molecular formula is C16H9ClN2O2. The third kappa shape index (κ3) is 1.93. The average molecular weight is 297 g/mol. The predicted octanol–water partition coefficient (Wildman–Crippen LogP) is 3.56. The summed E-state index contributed by atoms with van der Waals surface area (Å²) >= 11 is 5.84. The average Bonchev–Trinajstić information content (AvgIpc) is 2.87. The van der Waals surface area contributed by atoms with Crippen LogP contribution < -0.4 is 0 Å². The van der Waals surface area contributed by atoms with E-state index in [9.17, 15) is 15.3 Å². The number of ketones is 1. The summed E-state index contributed by atoms with van der Waals surface area (Å²) in [6.45, 7) is 0. The van der Waals surface area contributed by atoms with E-state index < -0.39 is 17.3 Å². The Hall–Kier alpha value is -2.56. The molecule has 0 aliphatic heterocycles. The zero-order valence-corrected chi connectivity index (χ0v) is 11.5. The summed E-state index contributed by atoms with van der Waals surface area (Å²) in [6.07, 6.45) is 1.40. The molecule has 1 aromatic heterocycles. The van der Waals surface area contributed by atoms with E-state index in [1.54, 1.807) is 36.4 Å². The van der Waals surface area contributed by atoms with Crippen LogP contribution in [-0.4, -0.2) is 5.78 Å². The van der Waals surface area contributed by atoms with Gasteiger partial charge in [-0.25, -0.2) is 0 Å². The van der Waals surface area contributed by atoms with E-state index >= 15 is 0 Å². The highest BCUT2D eigenvalue weighted by Gasteiger charge is 2.71. The molecule has 102 valence electrons. The zero-order valence-electron chi connectivity index (χ0n) is 10.8. The van der Waals surface area contributed by atoms with E-state index in [0.717, 1.165) is 5.56 Å². The number of Topliss-reactive ketones (excluding diaryl/α,β-unsaturated/α-hetero) is 1. The first-order chi connectivity index (χ1) is 10.1. The van der Waals surface area contributed by atoms with Crippen LogP contribution in [0.15, 0.2) is 47.1 Å². The highest BCUT2D eigenvalue weighted by atomic mass is 35.5. The Balaban J connectivity index is 2.00. The van der Waals surface area contributed by atoms with Gasteiger partial charge in [-0.15, -0.1) is 0 Å². The van der Waals surface area contributed by atoms with Gasteiger partial charge in [0, 0.05) is 10.9 Å². The fourth-order valence-electron chi connectivity index (χ4n) is 2.75. The minimum Gasteiger partial charge on any atom is -0.461 e. The van der Waals surface area contributed by atoms with Gasteiger partial charge in [-0.2, -0.15) is 10.5 Å². The molecule has 0 unspecified atom stereocenters. The minimum absolute atomic E-state index is 0.173. The van der Waals surface area contributed by atoms with Crippen molar-refractivity contribution in [3.63, 3.8) is 0 Å². The Morgan fingerprint density at radius 1 is 1.19 bits per heavy atom. The summed E-state index contributed by atoms with van der Waals surface area (Å²) in [6, 6.07) is 14.0. The number of rotatable bonds is 3. The summed E-state index contributed by atoms with van der Waals surface area (Å²) < 4.78 is 5.09. The van der Waals surface area contributed by atoms with Crippen molar-refractivity contribution in [1.29, 1.82) is 10.5 Å². The summed E-state index contributed by atoms with van der Waals surface area (Å²) in [5.74, 6) is -1.31. The molecule has 1 fully saturated rings. The van der Waals surface area contributed by atoms with Crippen molar-refractivity contribution in [3.8, 4) is 12.1 Å². The Kier molecular flexibility index (Phi) is 3.05. The third-order valence-electron chi connectivity index (χ3n) is 3.85. The Morgan fingerprint density at radius 3 is 2.38 bits per heavy atom. The van der Waals surface area contributed by atoms with Gasteiger partial charge in [0.1, 0.15) is 0 Å². The Labute approximate surface area is 126 Å². The number of nitrogens with zero attached hydrogens (tertiary/aromatic N) is 2. The summed E-state index contributed by atoms with van der Waals surface area (Å²) in [5, 5.41) is 19.3. The molecule has 0 N–H and O–H groups in total. The number of nitriles is 2. The van der Waals surface area contributed by atoms with Crippen molar-refractivity contribution in [2.24, 2.45) is 11.3 Å². The maximum absolute atomic E-state index is 12.4. The molecule has 0 radical (unpaired) electrons. The van der Waals surface area contributed by atoms with Gasteiger partial charge < -0.3 is 4.42 Å². The molecule has 4 nitrogen and oxygen atoms in total. The largest absolute Gasteiger partial charge is 0.461 e. The van der Waals surface area contributed by atoms with Crippen molar-refractivity contribution in [3.05, 3.63) is 59.0 Å². The lowest BCUT2D eigenvalue weighted by Gasteiger charge is -1.99. The maximum Gasteiger partial charge on any atom is 0.204 e. The van der Waals surface area contributed by atoms with E-state index in [1.165, 1.54) is 6.26 Å². The highest BCUT2D eigenvalue weighted by Crippen LogP contribution is 2.65. The summed E-state index contributed by atoms with van der Waals surface area (Å²) in [7, 11) is 0. The van der Waals surface area contributed by atoms with Gasteiger partial charge in [0.15, 0.2) is 11.2 Å². The van der Waals surface area contributed by atoms with E-state index in [4.69, 9.17) is 16.0 Å². The van der Waals surface area contributed by atoms with E-state index in [0.29, 0.717) is 5.02 Å². The Morgan fingerprint density at radius 2 is 1.86 bits per heavy atom. The minimum atomic E-state index is -1.34. The van der Waals surface area contributed by atoms with Crippen molar-refractivity contribution in [2.45, 2.75) is 5.92 Å². The van der Waals surface area contributed by atoms with Gasteiger partial charge in [-0.1, -0.05) is 23.7 Å². The van der Waals surface area contributed by atoms with Gasteiger partial charge >= 0.3 is 0 Å². The molecule has 0 amide bonds. The van der Waals surface area contributed by atoms with E-state index in [2.05, 4.69) is 0 Å². The standard InChI is InChI=1S/C16H9ClN2O2/c17-11-5-3-10(4-6-11)13-14(16(13,8-18)9-19)15(20)12-2-1-7-21-12/h1-7,13-14H/t13-,14+/m0/s1. The Bertz CT molecular complexity index is 752. The number of benzene rings is 1. The molecule has 2 atom stereocenters. The highest BCUT2D eigenvalue weighted by molar-refractivity contribution is 6.30. The van der Waals surface area contributed by atoms with Crippen LogP contribution in [-0.2, 0) is 0 Å². The second-order valence-corrected chi connectivity index (χ2v) is 5.38. The van der Waals surface area contributed by atoms with Crippen LogP contribution in [0.1, 0.15) is 22.0 Å². The fraction of sp³-hybridized carbons (Fsp3) is 0.188. The van der Waals surface area contributed by atoms with Crippen LogP contribution in [0.4, 0.5) is 0 Å². The monoisotopic (exact) mass is 296 g/mol. The molecule has 1 saturated carbocycles. The van der Waals surface area contributed by atoms with Gasteiger partial charge in [0.2, 0.25) is 5.78 Å². The lowest BCUT2D eigenvalue weighted by molar-refractivity contribution is 0.0930. The van der Waals surface area contributed by atoms with E-state index in [-0.39, 0.29) is 11.5 Å². The van der Waals surface area contributed by atoms with Crippen LogP contribution in [0.25, 0.3) is 0 Å². The van der Waals surface area contributed by atoms with Gasteiger partial charge in [0.25, 0.3) is 0 Å². The zero-order chi connectivity index (χ0) is 15.0. The van der Waals surface area contributed by atoms with Crippen LogP contribution >= 0.6 is 11.6 Å². The van der Waals surface area contributed by atoms with Crippen molar-refractivity contribution >= 4 is 17.4 Å². The van der Waals surface area contributed by atoms with Crippen molar-refractivity contribution in [2.75, 3.05) is 0 Å². The topological polar surface area (TPSA) is 77.8 Å². The number of furan rings is 1. The molecular weight excluding hydrogens is 288 g/mol. The first-order valence-corrected chi connectivity index (χ1v) is 6.67. The first-order valence-electron chi connectivity index (χ1n) is 6.29. The van der Waals surface area contributed by atoms with Crippen LogP contribution in [0.3, 0.4) is 0 Å². The second kappa shape index (κ2) is 4.77. The quantitative estimate of drug-likeness (QED) is 0.811. The molecule has 1 aliphatic carbocycles. The second-order valence-electron chi connectivity index (χ2n) is 4.94. The molecule has 1 heterocycles. The normalized spacial score (nSPS) is 22.0. The number of carbonyl (C=O) groups excluding carboxylic acids is 1. The molecule has 21 heavy (non-hydrogen) atoms. The van der Waals surface area contributed by atoms with Crippen LogP contribution in [0, 0.1) is 34.0 Å². The number of hydrogen-bond acceptors (Lipinski definition) is 4. The molecule has 3 rings (SSSR count). The molecule has 1 aliphatic rings.